The Kier molecular flexibility index (Phi) is 4.40. The second-order valence-electron chi connectivity index (χ2n) is 3.45. The number of likely N-dealkylation sites (N-methyl/N-ethyl adjacent to an activating group) is 1. The van der Waals surface area contributed by atoms with Crippen molar-refractivity contribution in [2.24, 2.45) is 0 Å². The van der Waals surface area contributed by atoms with Crippen molar-refractivity contribution in [3.05, 3.63) is 30.1 Å². The average Bonchev–Trinajstić information content (AvgIpc) is 2.17. The molecule has 0 bridgehead atoms. The van der Waals surface area contributed by atoms with Gasteiger partial charge >= 0.3 is 0 Å². The molecular weight excluding hydrogens is 233 g/mol. The molecule has 0 spiro atoms. The molecule has 1 aromatic rings. The fourth-order valence-electron chi connectivity index (χ4n) is 1.29. The van der Waals surface area contributed by atoms with Crippen molar-refractivity contribution in [2.45, 2.75) is 11.0 Å². The Balaban J connectivity index is 2.82. The van der Waals surface area contributed by atoms with E-state index in [1.165, 1.54) is 12.1 Å². The molecule has 0 saturated heterocycles. The molecule has 1 rings (SSSR count). The van der Waals surface area contributed by atoms with Gasteiger partial charge in [0.15, 0.2) is 9.84 Å². The summed E-state index contributed by atoms with van der Waals surface area (Å²) in [6.07, 6.45) is -0.972. The van der Waals surface area contributed by atoms with E-state index in [1.54, 1.807) is 7.05 Å². The minimum absolute atomic E-state index is 0.0176. The molecule has 0 aromatic heterocycles. The van der Waals surface area contributed by atoms with E-state index < -0.39 is 21.8 Å². The molecule has 1 unspecified atom stereocenters. The summed E-state index contributed by atoms with van der Waals surface area (Å²) in [4.78, 5) is 0.0176. The van der Waals surface area contributed by atoms with Gasteiger partial charge in [0.1, 0.15) is 5.82 Å². The monoisotopic (exact) mass is 247 g/mol. The van der Waals surface area contributed by atoms with Gasteiger partial charge in [-0.3, -0.25) is 0 Å². The third-order valence-electron chi connectivity index (χ3n) is 2.02. The van der Waals surface area contributed by atoms with Crippen LogP contribution in [0.3, 0.4) is 0 Å². The summed E-state index contributed by atoms with van der Waals surface area (Å²) in [5.41, 5.74) is 0. The predicted molar refractivity (Wildman–Crippen MR) is 58.4 cm³/mol. The molecule has 2 N–H and O–H groups in total. The third kappa shape index (κ3) is 3.55. The van der Waals surface area contributed by atoms with Crippen molar-refractivity contribution >= 4 is 9.84 Å². The zero-order valence-electron chi connectivity index (χ0n) is 8.85. The number of halogens is 1. The van der Waals surface area contributed by atoms with Crippen LogP contribution in [0, 0.1) is 5.82 Å². The minimum atomic E-state index is -3.56. The molecule has 0 heterocycles. The fourth-order valence-corrected chi connectivity index (χ4v) is 2.65. The molecule has 0 amide bonds. The highest BCUT2D eigenvalue weighted by atomic mass is 32.2. The second-order valence-corrected chi connectivity index (χ2v) is 5.48. The molecule has 1 aromatic carbocycles. The number of hydrogen-bond donors (Lipinski definition) is 2. The Bertz CT molecular complexity index is 430. The first kappa shape index (κ1) is 13.1. The lowest BCUT2D eigenvalue weighted by atomic mass is 10.3. The third-order valence-corrected chi connectivity index (χ3v) is 3.84. The first-order valence-electron chi connectivity index (χ1n) is 4.76. The van der Waals surface area contributed by atoms with Crippen molar-refractivity contribution < 1.29 is 17.9 Å². The van der Waals surface area contributed by atoms with Gasteiger partial charge in [-0.25, -0.2) is 12.8 Å². The Labute approximate surface area is 94.0 Å². The highest BCUT2D eigenvalue weighted by Crippen LogP contribution is 2.12. The predicted octanol–water partition coefficient (Wildman–Crippen LogP) is 0.180. The molecule has 0 aliphatic rings. The molecule has 0 aliphatic carbocycles. The van der Waals surface area contributed by atoms with Crippen LogP contribution in [0.4, 0.5) is 4.39 Å². The quantitative estimate of drug-likeness (QED) is 0.728. The van der Waals surface area contributed by atoms with Gasteiger partial charge in [-0.2, -0.15) is 0 Å². The van der Waals surface area contributed by atoms with Crippen LogP contribution in [0.5, 0.6) is 0 Å². The van der Waals surface area contributed by atoms with E-state index in [1.807, 2.05) is 0 Å². The van der Waals surface area contributed by atoms with E-state index in [0.717, 1.165) is 12.1 Å². The number of sulfone groups is 1. The summed E-state index contributed by atoms with van der Waals surface area (Å²) in [6, 6.07) is 4.54. The number of aliphatic hydroxyl groups is 1. The lowest BCUT2D eigenvalue weighted by Crippen LogP contribution is -2.30. The normalized spacial score (nSPS) is 13.7. The molecule has 0 radical (unpaired) electrons. The highest BCUT2D eigenvalue weighted by molar-refractivity contribution is 7.91. The lowest BCUT2D eigenvalue weighted by Gasteiger charge is -2.10. The van der Waals surface area contributed by atoms with Crippen LogP contribution in [0.1, 0.15) is 0 Å². The molecule has 0 saturated carbocycles. The SMILES string of the molecule is CNCC(O)CS(=O)(=O)c1ccc(F)cc1. The van der Waals surface area contributed by atoms with Gasteiger partial charge in [0.25, 0.3) is 0 Å². The summed E-state index contributed by atoms with van der Waals surface area (Å²) in [5.74, 6) is -0.867. The summed E-state index contributed by atoms with van der Waals surface area (Å²) < 4.78 is 36.0. The molecular formula is C10H14FNO3S. The fraction of sp³-hybridized carbons (Fsp3) is 0.400. The van der Waals surface area contributed by atoms with Crippen LogP contribution in [-0.2, 0) is 9.84 Å². The summed E-state index contributed by atoms with van der Waals surface area (Å²) >= 11 is 0. The maximum absolute atomic E-state index is 12.6. The number of rotatable bonds is 5. The smallest absolute Gasteiger partial charge is 0.180 e. The summed E-state index contributed by atoms with van der Waals surface area (Å²) in [7, 11) is -1.94. The number of hydrogen-bond acceptors (Lipinski definition) is 4. The molecule has 0 fully saturated rings. The van der Waals surface area contributed by atoms with Crippen LogP contribution in [0.2, 0.25) is 0 Å². The van der Waals surface area contributed by atoms with Crippen molar-refractivity contribution in [2.75, 3.05) is 19.3 Å². The zero-order chi connectivity index (χ0) is 12.2. The molecule has 6 heteroatoms. The van der Waals surface area contributed by atoms with Crippen LogP contribution in [0.15, 0.2) is 29.2 Å². The van der Waals surface area contributed by atoms with E-state index in [2.05, 4.69) is 5.32 Å². The first-order valence-corrected chi connectivity index (χ1v) is 6.42. The second kappa shape index (κ2) is 5.38. The van der Waals surface area contributed by atoms with Crippen LogP contribution in [0.25, 0.3) is 0 Å². The number of aliphatic hydroxyl groups excluding tert-OH is 1. The van der Waals surface area contributed by atoms with Gasteiger partial charge in [-0.05, 0) is 31.3 Å². The zero-order valence-corrected chi connectivity index (χ0v) is 9.67. The van der Waals surface area contributed by atoms with Gasteiger partial charge in [0.2, 0.25) is 0 Å². The van der Waals surface area contributed by atoms with Crippen molar-refractivity contribution in [3.63, 3.8) is 0 Å². The number of benzene rings is 1. The maximum Gasteiger partial charge on any atom is 0.180 e. The first-order chi connectivity index (χ1) is 7.45. The standard InChI is InChI=1S/C10H14FNO3S/c1-12-6-9(13)7-16(14,15)10-4-2-8(11)3-5-10/h2-5,9,12-13H,6-7H2,1H3. The highest BCUT2D eigenvalue weighted by Gasteiger charge is 2.19. The van der Waals surface area contributed by atoms with Gasteiger partial charge in [-0.1, -0.05) is 0 Å². The molecule has 1 atom stereocenters. The van der Waals surface area contributed by atoms with Crippen LogP contribution in [-0.4, -0.2) is 39.0 Å². The van der Waals surface area contributed by atoms with Gasteiger partial charge in [0.05, 0.1) is 16.8 Å². The molecule has 90 valence electrons. The van der Waals surface area contributed by atoms with Crippen molar-refractivity contribution in [1.29, 1.82) is 0 Å². The van der Waals surface area contributed by atoms with E-state index in [0.29, 0.717) is 0 Å². The Morgan fingerprint density at radius 2 is 1.94 bits per heavy atom. The molecule has 16 heavy (non-hydrogen) atoms. The van der Waals surface area contributed by atoms with E-state index in [4.69, 9.17) is 0 Å². The minimum Gasteiger partial charge on any atom is -0.391 e. The lowest BCUT2D eigenvalue weighted by molar-refractivity contribution is 0.197. The van der Waals surface area contributed by atoms with Gasteiger partial charge in [0, 0.05) is 6.54 Å². The van der Waals surface area contributed by atoms with Gasteiger partial charge in [-0.15, -0.1) is 0 Å². The molecule has 4 nitrogen and oxygen atoms in total. The van der Waals surface area contributed by atoms with E-state index >= 15 is 0 Å². The Morgan fingerprint density at radius 1 is 1.38 bits per heavy atom. The summed E-state index contributed by atoms with van der Waals surface area (Å²) in [6.45, 7) is 0.195. The Morgan fingerprint density at radius 3 is 2.44 bits per heavy atom. The van der Waals surface area contributed by atoms with Crippen LogP contribution < -0.4 is 5.32 Å². The average molecular weight is 247 g/mol. The topological polar surface area (TPSA) is 66.4 Å². The Hall–Kier alpha value is -0.980. The maximum atomic E-state index is 12.6. The van der Waals surface area contributed by atoms with Crippen molar-refractivity contribution in [1.82, 2.24) is 5.32 Å². The van der Waals surface area contributed by atoms with Crippen molar-refractivity contribution in [3.8, 4) is 0 Å². The van der Waals surface area contributed by atoms with Crippen LogP contribution >= 0.6 is 0 Å². The van der Waals surface area contributed by atoms with Gasteiger partial charge < -0.3 is 10.4 Å². The molecule has 0 aliphatic heterocycles. The largest absolute Gasteiger partial charge is 0.391 e. The van der Waals surface area contributed by atoms with E-state index in [-0.39, 0.29) is 17.2 Å². The summed E-state index contributed by atoms with van der Waals surface area (Å²) in [5, 5.41) is 12.1. The van der Waals surface area contributed by atoms with E-state index in [9.17, 15) is 17.9 Å². The number of nitrogens with one attached hydrogen (secondary N) is 1.